The molecule has 0 aromatic carbocycles. The molecule has 1 aromatic rings. The number of hydrogen-bond acceptors (Lipinski definition) is 4. The van der Waals surface area contributed by atoms with Gasteiger partial charge in [-0.3, -0.25) is 4.57 Å². The van der Waals surface area contributed by atoms with Crippen LogP contribution in [0.1, 0.15) is 19.8 Å². The smallest absolute Gasteiger partial charge is 0.220 e. The lowest BCUT2D eigenvalue weighted by atomic mass is 9.80. The van der Waals surface area contributed by atoms with Gasteiger partial charge in [-0.15, -0.1) is 5.10 Å². The molecule has 0 aliphatic carbocycles. The molecule has 1 saturated heterocycles. The fourth-order valence-electron chi connectivity index (χ4n) is 2.18. The zero-order valence-corrected chi connectivity index (χ0v) is 10.7. The number of piperidine rings is 1. The molecule has 3 N–H and O–H groups in total. The summed E-state index contributed by atoms with van der Waals surface area (Å²) in [4.78, 5) is 2.36. The number of aromatic amines is 1. The average Bonchev–Trinajstić information content (AvgIpc) is 2.55. The lowest BCUT2D eigenvalue weighted by Crippen LogP contribution is -2.38. The maximum Gasteiger partial charge on any atom is 0.220 e. The van der Waals surface area contributed by atoms with Crippen LogP contribution in [0.5, 0.6) is 0 Å². The lowest BCUT2D eigenvalue weighted by Gasteiger charge is -2.38. The normalized spacial score (nSPS) is 21.1. The van der Waals surface area contributed by atoms with Gasteiger partial charge in [0.05, 0.1) is 0 Å². The minimum Gasteiger partial charge on any atom is -0.368 e. The molecule has 2 rings (SSSR count). The van der Waals surface area contributed by atoms with Crippen LogP contribution in [0, 0.1) is 10.2 Å². The van der Waals surface area contributed by atoms with E-state index >= 15 is 0 Å². The number of nitrogens with one attached hydrogen (secondary N) is 1. The Bertz CT molecular complexity index is 413. The molecule has 0 radical (unpaired) electrons. The van der Waals surface area contributed by atoms with Gasteiger partial charge in [-0.25, -0.2) is 5.10 Å². The van der Waals surface area contributed by atoms with E-state index in [0.717, 1.165) is 19.6 Å². The minimum absolute atomic E-state index is 0.280. The van der Waals surface area contributed by atoms with Gasteiger partial charge in [0.2, 0.25) is 5.95 Å². The first-order chi connectivity index (χ1) is 7.50. The Morgan fingerprint density at radius 3 is 2.62 bits per heavy atom. The van der Waals surface area contributed by atoms with Crippen molar-refractivity contribution >= 4 is 18.2 Å². The SMILES string of the molecule is CN1CCC(C)(Cn2c(N)n[nH]c2=S)CC1. The van der Waals surface area contributed by atoms with Gasteiger partial charge in [0.1, 0.15) is 0 Å². The summed E-state index contributed by atoms with van der Waals surface area (Å²) < 4.78 is 2.53. The predicted octanol–water partition coefficient (Wildman–Crippen LogP) is 1.25. The molecule has 6 heteroatoms. The Morgan fingerprint density at radius 1 is 1.50 bits per heavy atom. The molecule has 1 aliphatic rings. The van der Waals surface area contributed by atoms with Crippen LogP contribution in [0.15, 0.2) is 0 Å². The van der Waals surface area contributed by atoms with Gasteiger partial charge in [0, 0.05) is 6.54 Å². The number of nitrogen functional groups attached to an aromatic ring is 1. The van der Waals surface area contributed by atoms with Crippen molar-refractivity contribution in [2.75, 3.05) is 25.9 Å². The average molecular weight is 241 g/mol. The standard InChI is InChI=1S/C10H19N5S/c1-10(3-5-14(2)6-4-10)7-15-8(11)12-13-9(15)16/h3-7H2,1-2H3,(H2,11,12)(H,13,16). The van der Waals surface area contributed by atoms with Gasteiger partial charge in [-0.1, -0.05) is 6.92 Å². The molecule has 1 fully saturated rings. The summed E-state index contributed by atoms with van der Waals surface area (Å²) in [7, 11) is 2.16. The number of H-pyrrole nitrogens is 1. The van der Waals surface area contributed by atoms with Crippen molar-refractivity contribution in [2.24, 2.45) is 5.41 Å². The Kier molecular flexibility index (Phi) is 3.03. The van der Waals surface area contributed by atoms with Crippen molar-refractivity contribution in [1.29, 1.82) is 0 Å². The number of anilines is 1. The van der Waals surface area contributed by atoms with E-state index in [9.17, 15) is 0 Å². The summed E-state index contributed by atoms with van der Waals surface area (Å²) in [6.45, 7) is 5.44. The summed E-state index contributed by atoms with van der Waals surface area (Å²) in [5.74, 6) is 0.491. The van der Waals surface area contributed by atoms with Gasteiger partial charge in [0.25, 0.3) is 0 Å². The van der Waals surface area contributed by atoms with Crippen LogP contribution in [0.3, 0.4) is 0 Å². The van der Waals surface area contributed by atoms with Gasteiger partial charge < -0.3 is 10.6 Å². The maximum atomic E-state index is 5.79. The quantitative estimate of drug-likeness (QED) is 0.765. The molecule has 90 valence electrons. The third-order valence-corrected chi connectivity index (χ3v) is 3.83. The van der Waals surface area contributed by atoms with E-state index in [1.54, 1.807) is 0 Å². The highest BCUT2D eigenvalue weighted by Crippen LogP contribution is 2.32. The fourth-order valence-corrected chi connectivity index (χ4v) is 2.38. The van der Waals surface area contributed by atoms with Crippen LogP contribution >= 0.6 is 12.2 Å². The molecule has 1 aromatic heterocycles. The van der Waals surface area contributed by atoms with Crippen LogP contribution < -0.4 is 5.73 Å². The second kappa shape index (κ2) is 4.18. The molecule has 5 nitrogen and oxygen atoms in total. The van der Waals surface area contributed by atoms with Crippen LogP contribution in [0.4, 0.5) is 5.95 Å². The summed E-state index contributed by atoms with van der Waals surface area (Å²) in [6, 6.07) is 0. The molecule has 0 spiro atoms. The highest BCUT2D eigenvalue weighted by atomic mass is 32.1. The number of hydrogen-bond donors (Lipinski definition) is 2. The van der Waals surface area contributed by atoms with Crippen molar-refractivity contribution in [3.05, 3.63) is 4.77 Å². The van der Waals surface area contributed by atoms with Crippen molar-refractivity contribution in [1.82, 2.24) is 19.7 Å². The number of aromatic nitrogens is 3. The summed E-state index contributed by atoms with van der Waals surface area (Å²) in [6.07, 6.45) is 2.35. The molecular weight excluding hydrogens is 222 g/mol. The first-order valence-corrected chi connectivity index (χ1v) is 6.00. The van der Waals surface area contributed by atoms with Crippen LogP contribution in [0.25, 0.3) is 0 Å². The molecule has 1 aliphatic heterocycles. The largest absolute Gasteiger partial charge is 0.368 e. The maximum absolute atomic E-state index is 5.79. The van der Waals surface area contributed by atoms with E-state index in [1.165, 1.54) is 12.8 Å². The molecule has 16 heavy (non-hydrogen) atoms. The first-order valence-electron chi connectivity index (χ1n) is 5.59. The number of likely N-dealkylation sites (tertiary alicyclic amines) is 1. The summed E-state index contributed by atoms with van der Waals surface area (Å²) in [5.41, 5.74) is 6.07. The molecule has 0 atom stereocenters. The Balaban J connectivity index is 2.12. The van der Waals surface area contributed by atoms with Gasteiger partial charge in [0.15, 0.2) is 4.77 Å². The molecule has 0 amide bonds. The van der Waals surface area contributed by atoms with Crippen molar-refractivity contribution < 1.29 is 0 Å². The Labute approximate surface area is 101 Å². The third-order valence-electron chi connectivity index (χ3n) is 3.52. The molecular formula is C10H19N5S. The topological polar surface area (TPSA) is 62.9 Å². The van der Waals surface area contributed by atoms with Crippen molar-refractivity contribution in [3.8, 4) is 0 Å². The monoisotopic (exact) mass is 241 g/mol. The summed E-state index contributed by atoms with van der Waals surface area (Å²) >= 11 is 5.17. The van der Waals surface area contributed by atoms with E-state index in [-0.39, 0.29) is 5.41 Å². The van der Waals surface area contributed by atoms with Crippen molar-refractivity contribution in [2.45, 2.75) is 26.3 Å². The molecule has 0 unspecified atom stereocenters. The molecule has 0 saturated carbocycles. The second-order valence-corrected chi connectivity index (χ2v) is 5.47. The number of nitrogens with zero attached hydrogens (tertiary/aromatic N) is 3. The summed E-state index contributed by atoms with van der Waals surface area (Å²) in [5, 5.41) is 6.67. The second-order valence-electron chi connectivity index (χ2n) is 5.09. The van der Waals surface area contributed by atoms with Gasteiger partial charge in [-0.05, 0) is 50.6 Å². The fraction of sp³-hybridized carbons (Fsp3) is 0.800. The zero-order valence-electron chi connectivity index (χ0n) is 9.86. The lowest BCUT2D eigenvalue weighted by molar-refractivity contribution is 0.121. The highest BCUT2D eigenvalue weighted by molar-refractivity contribution is 7.71. The van der Waals surface area contributed by atoms with Crippen LogP contribution in [-0.4, -0.2) is 39.8 Å². The molecule has 0 bridgehead atoms. The predicted molar refractivity (Wildman–Crippen MR) is 66.7 cm³/mol. The Hall–Kier alpha value is -0.880. The van der Waals surface area contributed by atoms with Gasteiger partial charge in [-0.2, -0.15) is 0 Å². The van der Waals surface area contributed by atoms with E-state index < -0.39 is 0 Å². The van der Waals surface area contributed by atoms with Crippen LogP contribution in [0.2, 0.25) is 0 Å². The van der Waals surface area contributed by atoms with Crippen LogP contribution in [-0.2, 0) is 6.54 Å². The Morgan fingerprint density at radius 2 is 2.12 bits per heavy atom. The number of rotatable bonds is 2. The van der Waals surface area contributed by atoms with Gasteiger partial charge >= 0.3 is 0 Å². The van der Waals surface area contributed by atoms with E-state index in [2.05, 4.69) is 29.1 Å². The minimum atomic E-state index is 0.280. The number of nitrogens with two attached hydrogens (primary N) is 1. The van der Waals surface area contributed by atoms with E-state index in [0.29, 0.717) is 10.7 Å². The third kappa shape index (κ3) is 2.27. The van der Waals surface area contributed by atoms with E-state index in [4.69, 9.17) is 18.0 Å². The first kappa shape index (κ1) is 11.6. The molecule has 2 heterocycles. The zero-order chi connectivity index (χ0) is 11.8. The van der Waals surface area contributed by atoms with E-state index in [1.807, 2.05) is 4.57 Å². The van der Waals surface area contributed by atoms with Crippen molar-refractivity contribution in [3.63, 3.8) is 0 Å². The highest BCUT2D eigenvalue weighted by Gasteiger charge is 2.30.